The summed E-state index contributed by atoms with van der Waals surface area (Å²) in [5, 5.41) is 3.61. The Balaban J connectivity index is 1.81. The zero-order chi connectivity index (χ0) is 18.8. The van der Waals surface area contributed by atoms with Crippen molar-refractivity contribution >= 4 is 49.9 Å². The highest BCUT2D eigenvalue weighted by atomic mass is 79.9. The molecule has 1 aromatic heterocycles. The highest BCUT2D eigenvalue weighted by molar-refractivity contribution is 9.10. The molecule has 0 aliphatic heterocycles. The Morgan fingerprint density at radius 2 is 1.88 bits per heavy atom. The molecular weight excluding hydrogens is 422 g/mol. The predicted octanol–water partition coefficient (Wildman–Crippen LogP) is 3.16. The van der Waals surface area contributed by atoms with Gasteiger partial charge >= 0.3 is 0 Å². The lowest BCUT2D eigenvalue weighted by atomic mass is 10.2. The SMILES string of the molecule is CN(C(=O)CCn1[nH]c(=O)c2ccccc2c1=O)c1ccc(Br)cc1Cl. The summed E-state index contributed by atoms with van der Waals surface area (Å²) in [6.45, 7) is 0.0657. The fourth-order valence-corrected chi connectivity index (χ4v) is 3.47. The highest BCUT2D eigenvalue weighted by Crippen LogP contribution is 2.28. The second-order valence-electron chi connectivity index (χ2n) is 5.74. The number of nitrogens with zero attached hydrogens (tertiary/aromatic N) is 2. The van der Waals surface area contributed by atoms with Crippen molar-refractivity contribution in [3.8, 4) is 0 Å². The third kappa shape index (κ3) is 3.59. The maximum absolute atomic E-state index is 12.5. The lowest BCUT2D eigenvalue weighted by molar-refractivity contribution is -0.118. The Hall–Kier alpha value is -2.38. The topological polar surface area (TPSA) is 75.2 Å². The lowest BCUT2D eigenvalue weighted by Gasteiger charge is -2.19. The van der Waals surface area contributed by atoms with Gasteiger partial charge in [-0.2, -0.15) is 0 Å². The fourth-order valence-electron chi connectivity index (χ4n) is 2.67. The molecule has 3 aromatic rings. The van der Waals surface area contributed by atoms with Crippen molar-refractivity contribution in [2.45, 2.75) is 13.0 Å². The molecule has 8 heteroatoms. The maximum Gasteiger partial charge on any atom is 0.273 e. The smallest absolute Gasteiger partial charge is 0.273 e. The number of benzene rings is 2. The molecule has 26 heavy (non-hydrogen) atoms. The van der Waals surface area contributed by atoms with Gasteiger partial charge in [-0.1, -0.05) is 39.7 Å². The van der Waals surface area contributed by atoms with E-state index >= 15 is 0 Å². The van der Waals surface area contributed by atoms with E-state index in [1.54, 1.807) is 49.5 Å². The van der Waals surface area contributed by atoms with E-state index in [0.29, 0.717) is 21.5 Å². The number of carbonyl (C=O) groups excluding carboxylic acids is 1. The van der Waals surface area contributed by atoms with Crippen molar-refractivity contribution in [1.29, 1.82) is 0 Å². The van der Waals surface area contributed by atoms with E-state index in [4.69, 9.17) is 11.6 Å². The van der Waals surface area contributed by atoms with Gasteiger partial charge in [0, 0.05) is 17.9 Å². The van der Waals surface area contributed by atoms with Gasteiger partial charge in [-0.15, -0.1) is 0 Å². The highest BCUT2D eigenvalue weighted by Gasteiger charge is 2.15. The summed E-state index contributed by atoms with van der Waals surface area (Å²) >= 11 is 9.49. The second-order valence-corrected chi connectivity index (χ2v) is 7.06. The van der Waals surface area contributed by atoms with Crippen LogP contribution in [0.25, 0.3) is 10.8 Å². The van der Waals surface area contributed by atoms with Gasteiger partial charge < -0.3 is 4.90 Å². The number of anilines is 1. The van der Waals surface area contributed by atoms with E-state index in [9.17, 15) is 14.4 Å². The monoisotopic (exact) mass is 435 g/mol. The lowest BCUT2D eigenvalue weighted by Crippen LogP contribution is -2.33. The van der Waals surface area contributed by atoms with Crippen LogP contribution in [0.3, 0.4) is 0 Å². The van der Waals surface area contributed by atoms with Crippen LogP contribution in [0.4, 0.5) is 5.69 Å². The number of carbonyl (C=O) groups is 1. The normalized spacial score (nSPS) is 10.9. The average Bonchev–Trinajstić information content (AvgIpc) is 2.63. The summed E-state index contributed by atoms with van der Waals surface area (Å²) in [6, 6.07) is 11.8. The number of aryl methyl sites for hydroxylation is 1. The van der Waals surface area contributed by atoms with Gasteiger partial charge in [0.05, 0.1) is 28.0 Å². The van der Waals surface area contributed by atoms with Crippen molar-refractivity contribution in [1.82, 2.24) is 9.78 Å². The molecule has 0 unspecified atom stereocenters. The molecule has 0 bridgehead atoms. The van der Waals surface area contributed by atoms with Crippen molar-refractivity contribution in [2.24, 2.45) is 0 Å². The molecule has 0 saturated carbocycles. The number of hydrogen-bond acceptors (Lipinski definition) is 3. The molecule has 0 saturated heterocycles. The maximum atomic E-state index is 12.5. The average molecular weight is 437 g/mol. The number of hydrogen-bond donors (Lipinski definition) is 1. The number of fused-ring (bicyclic) bond motifs is 1. The molecule has 0 aliphatic carbocycles. The van der Waals surface area contributed by atoms with E-state index in [1.165, 1.54) is 9.58 Å². The second kappa shape index (κ2) is 7.47. The number of amides is 1. The van der Waals surface area contributed by atoms with Gasteiger partial charge in [0.1, 0.15) is 0 Å². The molecule has 1 N–H and O–H groups in total. The van der Waals surface area contributed by atoms with Crippen LogP contribution in [-0.4, -0.2) is 22.7 Å². The van der Waals surface area contributed by atoms with E-state index in [-0.39, 0.29) is 30.0 Å². The molecule has 1 heterocycles. The van der Waals surface area contributed by atoms with Crippen LogP contribution < -0.4 is 16.0 Å². The molecule has 0 spiro atoms. The largest absolute Gasteiger partial charge is 0.314 e. The van der Waals surface area contributed by atoms with Crippen molar-refractivity contribution in [2.75, 3.05) is 11.9 Å². The van der Waals surface area contributed by atoms with Gasteiger partial charge in [0.25, 0.3) is 11.1 Å². The van der Waals surface area contributed by atoms with E-state index < -0.39 is 0 Å². The van der Waals surface area contributed by atoms with Crippen LogP contribution in [0.1, 0.15) is 6.42 Å². The summed E-state index contributed by atoms with van der Waals surface area (Å²) in [7, 11) is 1.61. The summed E-state index contributed by atoms with van der Waals surface area (Å²) in [5.74, 6) is -0.227. The van der Waals surface area contributed by atoms with Gasteiger partial charge in [-0.3, -0.25) is 19.5 Å². The minimum absolute atomic E-state index is 0.0388. The summed E-state index contributed by atoms with van der Waals surface area (Å²) in [4.78, 5) is 38.5. The molecule has 3 rings (SSSR count). The molecule has 1 amide bonds. The number of nitrogens with one attached hydrogen (secondary N) is 1. The number of H-pyrrole nitrogens is 1. The van der Waals surface area contributed by atoms with E-state index in [1.807, 2.05) is 0 Å². The standard InChI is InChI=1S/C18H15BrClN3O3/c1-22(15-7-6-11(19)10-14(15)20)16(24)8-9-23-18(26)13-5-3-2-4-12(13)17(25)21-23/h2-7,10H,8-9H2,1H3,(H,21,25). The third-order valence-electron chi connectivity index (χ3n) is 4.08. The first-order valence-corrected chi connectivity index (χ1v) is 8.99. The molecule has 0 fully saturated rings. The van der Waals surface area contributed by atoms with Gasteiger partial charge in [-0.05, 0) is 30.3 Å². The Bertz CT molecular complexity index is 1110. The first-order valence-electron chi connectivity index (χ1n) is 7.82. The number of aromatic nitrogens is 2. The Morgan fingerprint density at radius 3 is 2.58 bits per heavy atom. The van der Waals surface area contributed by atoms with Crippen molar-refractivity contribution < 1.29 is 4.79 Å². The van der Waals surface area contributed by atoms with Crippen LogP contribution in [0.2, 0.25) is 5.02 Å². The molecule has 0 aliphatic rings. The molecule has 134 valence electrons. The minimum atomic E-state index is -0.364. The van der Waals surface area contributed by atoms with E-state index in [0.717, 1.165) is 4.47 Å². The molecule has 2 aromatic carbocycles. The predicted molar refractivity (Wildman–Crippen MR) is 106 cm³/mol. The first-order chi connectivity index (χ1) is 12.4. The van der Waals surface area contributed by atoms with Gasteiger partial charge in [-0.25, -0.2) is 4.68 Å². The van der Waals surface area contributed by atoms with Crippen molar-refractivity contribution in [3.05, 3.63) is 72.7 Å². The van der Waals surface area contributed by atoms with Crippen LogP contribution in [0.15, 0.2) is 56.5 Å². The summed E-state index contributed by atoms with van der Waals surface area (Å²) in [6.07, 6.45) is 0.0388. The molecule has 0 radical (unpaired) electrons. The van der Waals surface area contributed by atoms with Gasteiger partial charge in [0.2, 0.25) is 5.91 Å². The fraction of sp³-hybridized carbons (Fsp3) is 0.167. The van der Waals surface area contributed by atoms with Crippen LogP contribution in [0, 0.1) is 0 Å². The first kappa shape index (κ1) is 18.4. The molecule has 0 atom stereocenters. The summed E-state index contributed by atoms with van der Waals surface area (Å²) in [5.41, 5.74) is -0.131. The number of halogens is 2. The number of aromatic amines is 1. The number of rotatable bonds is 4. The quantitative estimate of drug-likeness (QED) is 0.683. The van der Waals surface area contributed by atoms with Crippen LogP contribution in [0.5, 0.6) is 0 Å². The Morgan fingerprint density at radius 1 is 1.19 bits per heavy atom. The van der Waals surface area contributed by atoms with Gasteiger partial charge in [0.15, 0.2) is 0 Å². The third-order valence-corrected chi connectivity index (χ3v) is 4.87. The van der Waals surface area contributed by atoms with Crippen LogP contribution >= 0.6 is 27.5 Å². The summed E-state index contributed by atoms with van der Waals surface area (Å²) < 4.78 is 1.98. The minimum Gasteiger partial charge on any atom is -0.314 e. The van der Waals surface area contributed by atoms with Crippen LogP contribution in [-0.2, 0) is 11.3 Å². The zero-order valence-corrected chi connectivity index (χ0v) is 16.2. The molecular formula is C18H15BrClN3O3. The zero-order valence-electron chi connectivity index (χ0n) is 13.8. The Labute approximate surface area is 162 Å². The Kier molecular flexibility index (Phi) is 5.29. The van der Waals surface area contributed by atoms with Crippen molar-refractivity contribution in [3.63, 3.8) is 0 Å². The molecule has 6 nitrogen and oxygen atoms in total. The van der Waals surface area contributed by atoms with E-state index in [2.05, 4.69) is 21.0 Å².